The Labute approximate surface area is 110 Å². The van der Waals surface area contributed by atoms with Gasteiger partial charge in [-0.15, -0.1) is 11.6 Å². The van der Waals surface area contributed by atoms with E-state index in [-0.39, 0.29) is 5.38 Å². The van der Waals surface area contributed by atoms with Crippen LogP contribution < -0.4 is 0 Å². The maximum absolute atomic E-state index is 6.50. The average molecular weight is 252 g/mol. The molecule has 0 radical (unpaired) electrons. The highest BCUT2D eigenvalue weighted by atomic mass is 35.5. The molecule has 1 saturated carbocycles. The van der Waals surface area contributed by atoms with Crippen LogP contribution in [-0.4, -0.2) is 10.4 Å². The molecular weight excluding hydrogens is 230 g/mol. The summed E-state index contributed by atoms with van der Waals surface area (Å²) in [5, 5.41) is 0.227. The lowest BCUT2D eigenvalue weighted by molar-refractivity contribution is 0.461. The molecule has 1 aliphatic rings. The minimum atomic E-state index is 0.227. The summed E-state index contributed by atoms with van der Waals surface area (Å²) >= 11 is 6.50. The number of pyridine rings is 1. The Morgan fingerprint density at radius 3 is 2.76 bits per heavy atom. The lowest BCUT2D eigenvalue weighted by Crippen LogP contribution is -2.12. The van der Waals surface area contributed by atoms with Crippen LogP contribution in [0.5, 0.6) is 0 Å². The number of aromatic nitrogens is 1. The van der Waals surface area contributed by atoms with E-state index in [0.29, 0.717) is 5.92 Å². The lowest BCUT2D eigenvalue weighted by Gasteiger charge is -2.19. The van der Waals surface area contributed by atoms with Crippen LogP contribution in [0, 0.1) is 5.92 Å². The van der Waals surface area contributed by atoms with Crippen molar-refractivity contribution in [1.82, 2.24) is 4.98 Å². The number of alkyl halides is 1. The summed E-state index contributed by atoms with van der Waals surface area (Å²) < 4.78 is 0. The van der Waals surface area contributed by atoms with E-state index >= 15 is 0 Å². The van der Waals surface area contributed by atoms with E-state index in [9.17, 15) is 0 Å². The Bertz CT molecular complexity index is 319. The zero-order valence-electron chi connectivity index (χ0n) is 10.6. The second-order valence-electron chi connectivity index (χ2n) is 5.29. The fraction of sp³-hybridized carbons (Fsp3) is 0.667. The summed E-state index contributed by atoms with van der Waals surface area (Å²) in [5.41, 5.74) is 1.12. The second kappa shape index (κ2) is 6.39. The Kier molecular flexibility index (Phi) is 4.85. The molecule has 1 fully saturated rings. The quantitative estimate of drug-likeness (QED) is 0.688. The maximum atomic E-state index is 6.50. The van der Waals surface area contributed by atoms with Crippen molar-refractivity contribution in [3.63, 3.8) is 0 Å². The van der Waals surface area contributed by atoms with Gasteiger partial charge >= 0.3 is 0 Å². The summed E-state index contributed by atoms with van der Waals surface area (Å²) in [4.78, 5) is 4.40. The fourth-order valence-corrected chi connectivity index (χ4v) is 3.03. The van der Waals surface area contributed by atoms with Gasteiger partial charge in [0, 0.05) is 23.2 Å². The molecule has 1 nitrogen and oxygen atoms in total. The largest absolute Gasteiger partial charge is 0.261 e. The van der Waals surface area contributed by atoms with Crippen molar-refractivity contribution >= 4 is 11.6 Å². The predicted molar refractivity (Wildman–Crippen MR) is 73.5 cm³/mol. The number of hydrogen-bond acceptors (Lipinski definition) is 1. The third-order valence-corrected chi connectivity index (χ3v) is 4.62. The molecular formula is C15H22ClN. The van der Waals surface area contributed by atoms with E-state index in [2.05, 4.69) is 18.0 Å². The van der Waals surface area contributed by atoms with Crippen LogP contribution in [0.2, 0.25) is 0 Å². The fourth-order valence-electron chi connectivity index (χ4n) is 2.77. The van der Waals surface area contributed by atoms with Crippen molar-refractivity contribution in [3.8, 4) is 0 Å². The summed E-state index contributed by atoms with van der Waals surface area (Å²) in [6, 6.07) is 6.08. The number of rotatable bonds is 5. The maximum Gasteiger partial charge on any atom is 0.0446 e. The third-order valence-electron chi connectivity index (χ3n) is 4.02. The molecule has 0 amide bonds. The van der Waals surface area contributed by atoms with Gasteiger partial charge in [0.05, 0.1) is 0 Å². The van der Waals surface area contributed by atoms with Crippen molar-refractivity contribution in [3.05, 3.63) is 30.1 Å². The van der Waals surface area contributed by atoms with Gasteiger partial charge < -0.3 is 0 Å². The van der Waals surface area contributed by atoms with Crippen molar-refractivity contribution in [2.75, 3.05) is 0 Å². The highest BCUT2D eigenvalue weighted by Gasteiger charge is 2.21. The first-order valence-electron chi connectivity index (χ1n) is 6.82. The van der Waals surface area contributed by atoms with Gasteiger partial charge in [-0.3, -0.25) is 4.98 Å². The SMILES string of the molecule is CC(c1ccccn1)C(Cl)CCC1CCCC1. The van der Waals surface area contributed by atoms with Crippen LogP contribution in [0.1, 0.15) is 57.1 Å². The van der Waals surface area contributed by atoms with Gasteiger partial charge in [-0.05, 0) is 30.9 Å². The Morgan fingerprint density at radius 1 is 1.35 bits per heavy atom. The van der Waals surface area contributed by atoms with Gasteiger partial charge in [0.2, 0.25) is 0 Å². The third kappa shape index (κ3) is 3.70. The molecule has 2 atom stereocenters. The molecule has 17 heavy (non-hydrogen) atoms. The minimum absolute atomic E-state index is 0.227. The molecule has 1 aliphatic carbocycles. The van der Waals surface area contributed by atoms with Crippen LogP contribution in [0.4, 0.5) is 0 Å². The van der Waals surface area contributed by atoms with Crippen molar-refractivity contribution < 1.29 is 0 Å². The van der Waals surface area contributed by atoms with Gasteiger partial charge in [0.1, 0.15) is 0 Å². The molecule has 2 heteroatoms. The smallest absolute Gasteiger partial charge is 0.0446 e. The van der Waals surface area contributed by atoms with Gasteiger partial charge in [-0.25, -0.2) is 0 Å². The van der Waals surface area contributed by atoms with E-state index in [1.807, 2.05) is 18.3 Å². The number of hydrogen-bond donors (Lipinski definition) is 0. The Hall–Kier alpha value is -0.560. The van der Waals surface area contributed by atoms with E-state index in [0.717, 1.165) is 18.0 Å². The van der Waals surface area contributed by atoms with Crippen molar-refractivity contribution in [1.29, 1.82) is 0 Å². The minimum Gasteiger partial charge on any atom is -0.261 e. The van der Waals surface area contributed by atoms with Crippen LogP contribution in [0.3, 0.4) is 0 Å². The topological polar surface area (TPSA) is 12.9 Å². The summed E-state index contributed by atoms with van der Waals surface area (Å²) in [5.74, 6) is 1.30. The molecule has 1 aromatic rings. The molecule has 0 aliphatic heterocycles. The highest BCUT2D eigenvalue weighted by molar-refractivity contribution is 6.21. The first-order chi connectivity index (χ1) is 8.27. The summed E-state index contributed by atoms with van der Waals surface area (Å²) in [6.07, 6.45) is 9.96. The van der Waals surface area contributed by atoms with Crippen LogP contribution in [-0.2, 0) is 0 Å². The van der Waals surface area contributed by atoms with E-state index < -0.39 is 0 Å². The van der Waals surface area contributed by atoms with Gasteiger partial charge in [0.25, 0.3) is 0 Å². The summed E-state index contributed by atoms with van der Waals surface area (Å²) in [7, 11) is 0. The molecule has 2 unspecified atom stereocenters. The first-order valence-corrected chi connectivity index (χ1v) is 7.26. The molecule has 0 spiro atoms. The zero-order chi connectivity index (χ0) is 12.1. The summed E-state index contributed by atoms with van der Waals surface area (Å²) in [6.45, 7) is 2.19. The zero-order valence-corrected chi connectivity index (χ0v) is 11.4. The normalized spacial score (nSPS) is 20.4. The van der Waals surface area contributed by atoms with E-state index in [4.69, 9.17) is 11.6 Å². The van der Waals surface area contributed by atoms with Crippen molar-refractivity contribution in [2.45, 2.75) is 56.7 Å². The number of nitrogens with zero attached hydrogens (tertiary/aromatic N) is 1. The van der Waals surface area contributed by atoms with Crippen LogP contribution in [0.15, 0.2) is 24.4 Å². The van der Waals surface area contributed by atoms with Gasteiger partial charge in [0.15, 0.2) is 0 Å². The lowest BCUT2D eigenvalue weighted by atomic mass is 9.94. The molecule has 94 valence electrons. The Morgan fingerprint density at radius 2 is 2.12 bits per heavy atom. The molecule has 0 bridgehead atoms. The molecule has 1 heterocycles. The van der Waals surface area contributed by atoms with Crippen LogP contribution in [0.25, 0.3) is 0 Å². The van der Waals surface area contributed by atoms with Gasteiger partial charge in [-0.2, -0.15) is 0 Å². The van der Waals surface area contributed by atoms with Gasteiger partial charge in [-0.1, -0.05) is 38.7 Å². The number of halogens is 1. The second-order valence-corrected chi connectivity index (χ2v) is 5.85. The highest BCUT2D eigenvalue weighted by Crippen LogP contribution is 2.32. The molecule has 0 N–H and O–H groups in total. The predicted octanol–water partition coefficient (Wildman–Crippen LogP) is 4.76. The molecule has 1 aromatic heterocycles. The first kappa shape index (κ1) is 12.9. The Balaban J connectivity index is 1.80. The standard InChI is InChI=1S/C15H22ClN/c1-12(15-8-4-5-11-17-15)14(16)10-9-13-6-2-3-7-13/h4-5,8,11-14H,2-3,6-7,9-10H2,1H3. The van der Waals surface area contributed by atoms with E-state index in [1.165, 1.54) is 32.1 Å². The average Bonchev–Trinajstić information content (AvgIpc) is 2.89. The van der Waals surface area contributed by atoms with E-state index in [1.54, 1.807) is 0 Å². The molecule has 0 saturated heterocycles. The monoisotopic (exact) mass is 251 g/mol. The van der Waals surface area contributed by atoms with Crippen molar-refractivity contribution in [2.24, 2.45) is 5.92 Å². The van der Waals surface area contributed by atoms with Crippen LogP contribution >= 0.6 is 11.6 Å². The molecule has 0 aromatic carbocycles. The molecule has 2 rings (SSSR count).